The summed E-state index contributed by atoms with van der Waals surface area (Å²) in [6, 6.07) is 14.6. The van der Waals surface area contributed by atoms with Crippen molar-refractivity contribution in [3.8, 4) is 5.75 Å². The van der Waals surface area contributed by atoms with E-state index in [2.05, 4.69) is 26.0 Å². The Morgan fingerprint density at radius 1 is 0.900 bits per heavy atom. The molecule has 0 aliphatic carbocycles. The lowest BCUT2D eigenvalue weighted by molar-refractivity contribution is 0.109. The molecule has 2 rings (SSSR count). The first-order valence-electron chi connectivity index (χ1n) is 6.93. The molecular formula is C18H21FO. The predicted octanol–water partition coefficient (Wildman–Crippen LogP) is 5.26. The Bertz CT molecular complexity index is 553. The second-order valence-corrected chi connectivity index (χ2v) is 5.84. The molecule has 0 atom stereocenters. The lowest BCUT2D eigenvalue weighted by Gasteiger charge is -2.27. The number of benzene rings is 2. The van der Waals surface area contributed by atoms with E-state index in [4.69, 9.17) is 4.74 Å². The molecule has 2 aromatic rings. The van der Waals surface area contributed by atoms with Crippen molar-refractivity contribution in [1.29, 1.82) is 0 Å². The van der Waals surface area contributed by atoms with Gasteiger partial charge in [-0.15, -0.1) is 0 Å². The Balaban J connectivity index is 2.17. The molecule has 2 aromatic carbocycles. The van der Waals surface area contributed by atoms with Crippen LogP contribution in [0.2, 0.25) is 0 Å². The Morgan fingerprint density at radius 2 is 1.45 bits per heavy atom. The first kappa shape index (κ1) is 14.6. The molecule has 0 heterocycles. The molecule has 0 unspecified atom stereocenters. The lowest BCUT2D eigenvalue weighted by Crippen LogP contribution is -2.25. The molecule has 0 radical (unpaired) electrons. The minimum atomic E-state index is -0.493. The molecule has 0 saturated carbocycles. The summed E-state index contributed by atoms with van der Waals surface area (Å²) in [7, 11) is 0. The molecule has 0 bridgehead atoms. The molecule has 20 heavy (non-hydrogen) atoms. The molecule has 0 aliphatic heterocycles. The van der Waals surface area contributed by atoms with Gasteiger partial charge in [0.2, 0.25) is 0 Å². The van der Waals surface area contributed by atoms with Gasteiger partial charge in [-0.25, -0.2) is 4.39 Å². The third-order valence-electron chi connectivity index (χ3n) is 3.46. The highest BCUT2D eigenvalue weighted by Crippen LogP contribution is 2.28. The van der Waals surface area contributed by atoms with Crippen molar-refractivity contribution in [2.24, 2.45) is 0 Å². The van der Waals surface area contributed by atoms with Gasteiger partial charge >= 0.3 is 0 Å². The number of ether oxygens (including phenoxy) is 1. The molecule has 1 nitrogen and oxygen atoms in total. The van der Waals surface area contributed by atoms with E-state index >= 15 is 0 Å². The summed E-state index contributed by atoms with van der Waals surface area (Å²) < 4.78 is 19.0. The van der Waals surface area contributed by atoms with Crippen LogP contribution in [0.5, 0.6) is 5.75 Å². The normalized spacial score (nSPS) is 11.7. The van der Waals surface area contributed by atoms with Gasteiger partial charge in [0, 0.05) is 0 Å². The van der Waals surface area contributed by atoms with Gasteiger partial charge in [0.1, 0.15) is 17.2 Å². The highest BCUT2D eigenvalue weighted by Gasteiger charge is 2.22. The predicted molar refractivity (Wildman–Crippen MR) is 80.6 cm³/mol. The fourth-order valence-electron chi connectivity index (χ4n) is 2.13. The van der Waals surface area contributed by atoms with Crippen molar-refractivity contribution in [1.82, 2.24) is 0 Å². The van der Waals surface area contributed by atoms with E-state index in [9.17, 15) is 4.39 Å². The van der Waals surface area contributed by atoms with E-state index in [0.29, 0.717) is 5.92 Å². The molecule has 0 N–H and O–H groups in total. The maximum absolute atomic E-state index is 13.0. The second-order valence-electron chi connectivity index (χ2n) is 5.84. The minimum Gasteiger partial charge on any atom is -0.483 e. The third-order valence-corrected chi connectivity index (χ3v) is 3.46. The van der Waals surface area contributed by atoms with E-state index in [1.807, 2.05) is 26.0 Å². The summed E-state index contributed by atoms with van der Waals surface area (Å²) in [5.74, 6) is 1.10. The molecule has 0 spiro atoms. The average molecular weight is 272 g/mol. The quantitative estimate of drug-likeness (QED) is 0.737. The summed E-state index contributed by atoms with van der Waals surface area (Å²) >= 11 is 0. The van der Waals surface area contributed by atoms with E-state index in [0.717, 1.165) is 11.3 Å². The summed E-state index contributed by atoms with van der Waals surface area (Å²) in [4.78, 5) is 0. The van der Waals surface area contributed by atoms with Gasteiger partial charge in [0.15, 0.2) is 0 Å². The molecule has 0 fully saturated rings. The highest BCUT2D eigenvalue weighted by molar-refractivity contribution is 5.31. The van der Waals surface area contributed by atoms with Crippen molar-refractivity contribution in [3.63, 3.8) is 0 Å². The number of halogens is 1. The maximum atomic E-state index is 13.0. The smallest absolute Gasteiger partial charge is 0.128 e. The molecule has 0 amide bonds. The Hall–Kier alpha value is -1.83. The molecule has 0 aliphatic rings. The standard InChI is InChI=1S/C18H21FO/c1-13(2)14-5-11-17(12-6-14)20-18(3,4)15-7-9-16(19)10-8-15/h5-13H,1-4H3. The van der Waals surface area contributed by atoms with Gasteiger partial charge in [-0.1, -0.05) is 38.1 Å². The van der Waals surface area contributed by atoms with Crippen LogP contribution in [0.25, 0.3) is 0 Å². The first-order valence-corrected chi connectivity index (χ1v) is 6.93. The summed E-state index contributed by atoms with van der Waals surface area (Å²) in [5.41, 5.74) is 1.75. The van der Waals surface area contributed by atoms with Crippen LogP contribution in [0, 0.1) is 5.82 Å². The van der Waals surface area contributed by atoms with Crippen LogP contribution in [-0.2, 0) is 5.60 Å². The van der Waals surface area contributed by atoms with Crippen LogP contribution in [-0.4, -0.2) is 0 Å². The minimum absolute atomic E-state index is 0.231. The number of rotatable bonds is 4. The van der Waals surface area contributed by atoms with Crippen molar-refractivity contribution in [3.05, 3.63) is 65.5 Å². The average Bonchev–Trinajstić information content (AvgIpc) is 2.39. The van der Waals surface area contributed by atoms with Crippen molar-refractivity contribution in [2.75, 3.05) is 0 Å². The van der Waals surface area contributed by atoms with Crippen molar-refractivity contribution >= 4 is 0 Å². The van der Waals surface area contributed by atoms with Gasteiger partial charge in [-0.3, -0.25) is 0 Å². The molecular weight excluding hydrogens is 251 g/mol. The SMILES string of the molecule is CC(C)c1ccc(OC(C)(C)c2ccc(F)cc2)cc1. The van der Waals surface area contributed by atoms with Gasteiger partial charge < -0.3 is 4.74 Å². The molecule has 106 valence electrons. The van der Waals surface area contributed by atoms with E-state index < -0.39 is 5.60 Å². The van der Waals surface area contributed by atoms with Crippen LogP contribution in [0.1, 0.15) is 44.7 Å². The largest absolute Gasteiger partial charge is 0.483 e. The van der Waals surface area contributed by atoms with Crippen LogP contribution < -0.4 is 4.74 Å². The lowest BCUT2D eigenvalue weighted by atomic mass is 9.98. The monoisotopic (exact) mass is 272 g/mol. The Kier molecular flexibility index (Phi) is 4.12. The summed E-state index contributed by atoms with van der Waals surface area (Å²) in [5, 5.41) is 0. The zero-order valence-corrected chi connectivity index (χ0v) is 12.5. The van der Waals surface area contributed by atoms with E-state index in [1.165, 1.54) is 17.7 Å². The Morgan fingerprint density at radius 3 is 1.95 bits per heavy atom. The fraction of sp³-hybridized carbons (Fsp3) is 0.333. The fourth-order valence-corrected chi connectivity index (χ4v) is 2.13. The summed E-state index contributed by atoms with van der Waals surface area (Å²) in [6.45, 7) is 8.30. The Labute approximate surface area is 120 Å². The zero-order chi connectivity index (χ0) is 14.8. The summed E-state index contributed by atoms with van der Waals surface area (Å²) in [6.07, 6.45) is 0. The van der Waals surface area contributed by atoms with Crippen LogP contribution in [0.4, 0.5) is 4.39 Å². The number of hydrogen-bond acceptors (Lipinski definition) is 1. The zero-order valence-electron chi connectivity index (χ0n) is 12.5. The molecule has 0 saturated heterocycles. The van der Waals surface area contributed by atoms with Crippen LogP contribution in [0.3, 0.4) is 0 Å². The maximum Gasteiger partial charge on any atom is 0.128 e. The van der Waals surface area contributed by atoms with Crippen molar-refractivity contribution in [2.45, 2.75) is 39.2 Å². The molecule has 2 heteroatoms. The number of hydrogen-bond donors (Lipinski definition) is 0. The highest BCUT2D eigenvalue weighted by atomic mass is 19.1. The van der Waals surface area contributed by atoms with Crippen LogP contribution in [0.15, 0.2) is 48.5 Å². The topological polar surface area (TPSA) is 9.23 Å². The van der Waals surface area contributed by atoms with Gasteiger partial charge in [-0.05, 0) is 55.2 Å². The van der Waals surface area contributed by atoms with Gasteiger partial charge in [0.25, 0.3) is 0 Å². The van der Waals surface area contributed by atoms with Crippen molar-refractivity contribution < 1.29 is 9.13 Å². The second kappa shape index (κ2) is 5.66. The van der Waals surface area contributed by atoms with E-state index in [1.54, 1.807) is 12.1 Å². The third kappa shape index (κ3) is 3.38. The molecule has 0 aromatic heterocycles. The van der Waals surface area contributed by atoms with Gasteiger partial charge in [-0.2, -0.15) is 0 Å². The van der Waals surface area contributed by atoms with Gasteiger partial charge in [0.05, 0.1) is 0 Å². The van der Waals surface area contributed by atoms with Crippen LogP contribution >= 0.6 is 0 Å². The van der Waals surface area contributed by atoms with E-state index in [-0.39, 0.29) is 5.82 Å². The first-order chi connectivity index (χ1) is 9.38.